The third-order valence-corrected chi connectivity index (χ3v) is 12.4. The minimum atomic E-state index is -5.08. The Morgan fingerprint density at radius 3 is 1.12 bits per heavy atom. The average molecular weight is 1350 g/mol. The molecule has 3 aliphatic rings. The summed E-state index contributed by atoms with van der Waals surface area (Å²) in [6.07, 6.45) is -2.33. The molecule has 3 unspecified atom stereocenters. The Hall–Kier alpha value is -6.55. The molecule has 7 rings (SSSR count). The zero-order valence-corrected chi connectivity index (χ0v) is 50.4. The normalized spacial score (nSPS) is 16.3. The van der Waals surface area contributed by atoms with Crippen molar-refractivity contribution in [2.45, 2.75) is 117 Å². The van der Waals surface area contributed by atoms with E-state index in [2.05, 4.69) is 55.8 Å². The highest BCUT2D eigenvalue weighted by Gasteiger charge is 2.38. The van der Waals surface area contributed by atoms with Gasteiger partial charge in [0.1, 0.15) is 11.2 Å². The molecule has 0 spiro atoms. The molecular weight excluding hydrogens is 1280 g/mol. The molecule has 0 aromatic heterocycles. The zero-order valence-electron chi connectivity index (χ0n) is 46.1. The monoisotopic (exact) mass is 1350 g/mol. The van der Waals surface area contributed by atoms with Crippen molar-refractivity contribution < 1.29 is 76.3 Å². The minimum absolute atomic E-state index is 0.0820. The van der Waals surface area contributed by atoms with Gasteiger partial charge in [0.15, 0.2) is 0 Å². The molecule has 0 bridgehead atoms. The molecule has 3 fully saturated rings. The molecule has 0 saturated carbocycles. The Morgan fingerprint density at radius 2 is 0.838 bits per heavy atom. The fourth-order valence-electron chi connectivity index (χ4n) is 7.26. The van der Waals surface area contributed by atoms with Crippen molar-refractivity contribution in [1.29, 1.82) is 0 Å². The van der Waals surface area contributed by atoms with E-state index in [4.69, 9.17) is 35.3 Å². The number of hydrogen-bond donors (Lipinski definition) is 6. The van der Waals surface area contributed by atoms with Gasteiger partial charge in [-0.25, -0.2) is 24.0 Å². The van der Waals surface area contributed by atoms with E-state index in [-0.39, 0.29) is 53.3 Å². The van der Waals surface area contributed by atoms with E-state index in [1.54, 1.807) is 85.2 Å². The van der Waals surface area contributed by atoms with Gasteiger partial charge in [0.05, 0.1) is 22.3 Å². The third kappa shape index (κ3) is 28.0. The quantitative estimate of drug-likeness (QED) is 0.0708. The number of aromatic carboxylic acids is 2. The number of hydrogen-bond acceptors (Lipinski definition) is 13. The van der Waals surface area contributed by atoms with Crippen molar-refractivity contribution in [3.05, 3.63) is 126 Å². The number of amides is 3. The summed E-state index contributed by atoms with van der Waals surface area (Å²) in [4.78, 5) is 92.4. The lowest BCUT2D eigenvalue weighted by atomic mass is 10.1. The van der Waals surface area contributed by atoms with Crippen LogP contribution in [0.15, 0.2) is 97.1 Å². The topological polar surface area (TPSA) is 276 Å². The number of anilines is 2. The maximum Gasteiger partial charge on any atom is 0.490 e. The maximum absolute atomic E-state index is 12.1. The van der Waals surface area contributed by atoms with Gasteiger partial charge in [-0.3, -0.25) is 14.4 Å². The van der Waals surface area contributed by atoms with Gasteiger partial charge in [-0.2, -0.15) is 13.2 Å². The Kier molecular flexibility index (Phi) is 28.4. The summed E-state index contributed by atoms with van der Waals surface area (Å²) in [6, 6.07) is 28.8. The first-order valence-electron chi connectivity index (χ1n) is 25.0. The number of nitrogens with zero attached hydrogens (tertiary/aromatic N) is 3. The Bertz CT molecular complexity index is 2750. The SMILES string of the molecule is CC(=O)N1CCC(N)C1.CC(=O)N1CCC(Nc2cccc(C(=O)O)c2)C1.CC(=O)N1CCC(Nc2cccc(C(=O)OC(C)(C)C)c2)C1.CC(C)(C)OC(=O)c1cccc(I)c1.O=C(O)C(F)(F)F.O=C(O)c1cccc(I)c1. The van der Waals surface area contributed by atoms with Gasteiger partial charge in [-0.15, -0.1) is 0 Å². The second-order valence-electron chi connectivity index (χ2n) is 20.3. The predicted octanol–water partition coefficient (Wildman–Crippen LogP) is 9.53. The number of ether oxygens (including phenoxy) is 2. The smallest absolute Gasteiger partial charge is 0.478 e. The summed E-state index contributed by atoms with van der Waals surface area (Å²) in [7, 11) is 0. The summed E-state index contributed by atoms with van der Waals surface area (Å²) in [5.41, 5.74) is 8.02. The number of likely N-dealkylation sites (tertiary alicyclic amines) is 3. The summed E-state index contributed by atoms with van der Waals surface area (Å²) in [6.45, 7) is 20.4. The van der Waals surface area contributed by atoms with Gasteiger partial charge < -0.3 is 55.9 Å². The number of carboxylic acids is 3. The first-order valence-corrected chi connectivity index (χ1v) is 27.2. The number of benzene rings is 4. The van der Waals surface area contributed by atoms with E-state index in [1.165, 1.54) is 0 Å². The van der Waals surface area contributed by atoms with E-state index < -0.39 is 35.3 Å². The van der Waals surface area contributed by atoms with Crippen LogP contribution < -0.4 is 16.4 Å². The number of rotatable bonds is 8. The largest absolute Gasteiger partial charge is 0.490 e. The van der Waals surface area contributed by atoms with Crippen LogP contribution in [0.3, 0.4) is 0 Å². The van der Waals surface area contributed by atoms with E-state index in [1.807, 2.05) is 88.9 Å². The number of carboxylic acid groups (broad SMARTS) is 3. The van der Waals surface area contributed by atoms with Crippen LogP contribution in [-0.4, -0.2) is 152 Å². The van der Waals surface area contributed by atoms with E-state index in [9.17, 15) is 46.7 Å². The maximum atomic E-state index is 12.1. The van der Waals surface area contributed by atoms with Crippen LogP contribution in [0, 0.1) is 7.14 Å². The Balaban J connectivity index is 0.000000342. The van der Waals surface area contributed by atoms with Gasteiger partial charge in [0.2, 0.25) is 17.7 Å². The van der Waals surface area contributed by atoms with Crippen molar-refractivity contribution in [1.82, 2.24) is 14.7 Å². The van der Waals surface area contributed by atoms with Crippen LogP contribution in [0.5, 0.6) is 0 Å². The number of halogens is 5. The lowest BCUT2D eigenvalue weighted by molar-refractivity contribution is -0.192. The first kappa shape index (κ1) is 69.6. The van der Waals surface area contributed by atoms with Gasteiger partial charge in [0, 0.05) is 96.7 Å². The van der Waals surface area contributed by atoms with Crippen molar-refractivity contribution >= 4 is 104 Å². The van der Waals surface area contributed by atoms with Crippen molar-refractivity contribution in [2.24, 2.45) is 5.73 Å². The van der Waals surface area contributed by atoms with Gasteiger partial charge in [-0.05, 0) is 179 Å². The first-order chi connectivity index (χ1) is 37.0. The van der Waals surface area contributed by atoms with E-state index >= 15 is 0 Å². The lowest BCUT2D eigenvalue weighted by Crippen LogP contribution is -2.29. The number of nitrogens with one attached hydrogen (secondary N) is 2. The second-order valence-corrected chi connectivity index (χ2v) is 22.8. The third-order valence-electron chi connectivity index (χ3n) is 11.1. The van der Waals surface area contributed by atoms with Crippen LogP contribution in [-0.2, 0) is 28.7 Å². The lowest BCUT2D eigenvalue weighted by Gasteiger charge is -2.20. The van der Waals surface area contributed by atoms with Crippen LogP contribution in [0.2, 0.25) is 0 Å². The molecule has 0 radical (unpaired) electrons. The van der Waals surface area contributed by atoms with E-state index in [0.29, 0.717) is 29.8 Å². The van der Waals surface area contributed by atoms with Crippen molar-refractivity contribution in [3.63, 3.8) is 0 Å². The van der Waals surface area contributed by atoms with E-state index in [0.717, 1.165) is 64.0 Å². The number of aliphatic carboxylic acids is 1. The molecular formula is C56H71F3I2N6O13. The molecule has 3 atom stereocenters. The van der Waals surface area contributed by atoms with Gasteiger partial charge in [0.25, 0.3) is 0 Å². The summed E-state index contributed by atoms with van der Waals surface area (Å²) in [5.74, 6) is -4.83. The number of alkyl halides is 3. The van der Waals surface area contributed by atoms with Crippen molar-refractivity contribution in [2.75, 3.05) is 49.9 Å². The molecule has 19 nitrogen and oxygen atoms in total. The molecule has 4 aromatic carbocycles. The number of nitrogens with two attached hydrogens (primary N) is 1. The Morgan fingerprint density at radius 1 is 0.525 bits per heavy atom. The summed E-state index contributed by atoms with van der Waals surface area (Å²) in [5, 5.41) is 31.2. The molecule has 80 heavy (non-hydrogen) atoms. The summed E-state index contributed by atoms with van der Waals surface area (Å²) < 4.78 is 44.3. The fraction of sp³-hybridized carbons (Fsp3) is 0.429. The fourth-order valence-corrected chi connectivity index (χ4v) is 8.35. The average Bonchev–Trinajstić information content (AvgIpc) is 4.14. The second kappa shape index (κ2) is 32.6. The van der Waals surface area contributed by atoms with Crippen molar-refractivity contribution in [3.8, 4) is 0 Å². The Labute approximate surface area is 491 Å². The molecule has 7 N–H and O–H groups in total. The highest BCUT2D eigenvalue weighted by atomic mass is 127. The molecule has 3 heterocycles. The standard InChI is InChI=1S/C17H24N2O3.C13H16N2O3.C11H13IO2.C7H5IO2.C6H12N2O.C2HF3O2/c1-12(20)19-9-8-15(11-19)18-14-7-5-6-13(10-14)16(21)22-17(2,3)4;1-9(16)15-6-5-12(8-15)14-11-4-2-3-10(7-11)13(17)18;1-11(2,3)14-10(13)8-5-4-6-9(12)7-8;8-6-3-1-2-5(4-6)7(9)10;1-5(9)8-3-2-6(7)4-8;3-2(4,5)1(6)7/h5-7,10,15,18H,8-9,11H2,1-4H3;2-4,7,12,14H,5-6,8H2,1H3,(H,17,18);4-7H,1-3H3;1-4H,(H,9,10);6H,2-4,7H2,1H3;(H,6,7). The van der Waals surface area contributed by atoms with Crippen LogP contribution >= 0.6 is 45.2 Å². The van der Waals surface area contributed by atoms with Gasteiger partial charge in [-0.1, -0.05) is 24.3 Å². The molecule has 24 heteroatoms. The van der Waals surface area contributed by atoms with Crippen LogP contribution in [0.1, 0.15) is 123 Å². The number of esters is 2. The number of carbonyl (C=O) groups excluding carboxylic acids is 5. The molecule has 3 saturated heterocycles. The highest BCUT2D eigenvalue weighted by molar-refractivity contribution is 14.1. The summed E-state index contributed by atoms with van der Waals surface area (Å²) >= 11 is 4.24. The molecule has 3 aliphatic heterocycles. The molecule has 0 aliphatic carbocycles. The van der Waals surface area contributed by atoms with Crippen LogP contribution in [0.4, 0.5) is 24.5 Å². The molecule has 3 amide bonds. The predicted molar refractivity (Wildman–Crippen MR) is 313 cm³/mol. The number of carbonyl (C=O) groups is 8. The molecule has 438 valence electrons. The minimum Gasteiger partial charge on any atom is -0.478 e. The van der Waals surface area contributed by atoms with Crippen LogP contribution in [0.25, 0.3) is 0 Å². The van der Waals surface area contributed by atoms with Gasteiger partial charge >= 0.3 is 36.0 Å². The highest BCUT2D eigenvalue weighted by Crippen LogP contribution is 2.21. The molecule has 4 aromatic rings. The zero-order chi connectivity index (χ0) is 60.7.